The average molecular weight is 560 g/mol. The van der Waals surface area contributed by atoms with Crippen molar-refractivity contribution in [2.75, 3.05) is 50.7 Å². The van der Waals surface area contributed by atoms with Crippen molar-refractivity contribution in [2.24, 2.45) is 11.3 Å². The van der Waals surface area contributed by atoms with Crippen molar-refractivity contribution < 1.29 is 23.5 Å². The van der Waals surface area contributed by atoms with E-state index >= 15 is 0 Å². The third-order valence-electron chi connectivity index (χ3n) is 8.45. The molecule has 40 heavy (non-hydrogen) atoms. The lowest BCUT2D eigenvalue weighted by atomic mass is 9.75. The first-order chi connectivity index (χ1) is 18.8. The Bertz CT molecular complexity index is 1040. The minimum atomic E-state index is -0.669. The molecule has 2 N–H and O–H groups in total. The Labute approximate surface area is 237 Å². The van der Waals surface area contributed by atoms with Crippen molar-refractivity contribution in [2.45, 2.75) is 78.0 Å². The fourth-order valence-corrected chi connectivity index (χ4v) is 6.08. The molecule has 0 aromatic heterocycles. The normalized spacial score (nSPS) is 22.4. The lowest BCUT2D eigenvalue weighted by Gasteiger charge is -2.39. The molecular weight excluding hydrogens is 513 g/mol. The number of piperazine rings is 1. The van der Waals surface area contributed by atoms with Crippen molar-refractivity contribution in [1.29, 1.82) is 0 Å². The molecule has 3 aliphatic heterocycles. The van der Waals surface area contributed by atoms with Gasteiger partial charge in [-0.2, -0.15) is 0 Å². The van der Waals surface area contributed by atoms with E-state index in [1.807, 2.05) is 26.0 Å². The minimum absolute atomic E-state index is 0.0902. The molecule has 1 aromatic carbocycles. The van der Waals surface area contributed by atoms with Gasteiger partial charge in [0.1, 0.15) is 17.5 Å². The quantitative estimate of drug-likeness (QED) is 0.532. The Morgan fingerprint density at radius 3 is 2.27 bits per heavy atom. The van der Waals surface area contributed by atoms with Gasteiger partial charge in [-0.1, -0.05) is 13.8 Å². The van der Waals surface area contributed by atoms with Crippen LogP contribution >= 0.6 is 0 Å². The Morgan fingerprint density at radius 2 is 1.70 bits per heavy atom. The predicted molar refractivity (Wildman–Crippen MR) is 152 cm³/mol. The lowest BCUT2D eigenvalue weighted by Crippen LogP contribution is -2.55. The molecule has 2 atom stereocenters. The first-order valence-corrected chi connectivity index (χ1v) is 14.7. The molecule has 3 saturated heterocycles. The molecule has 3 aliphatic rings. The third-order valence-corrected chi connectivity index (χ3v) is 8.45. The molecule has 1 aromatic rings. The van der Waals surface area contributed by atoms with Gasteiger partial charge >= 0.3 is 6.09 Å². The highest BCUT2D eigenvalue weighted by Crippen LogP contribution is 2.41. The number of nitrogens with zero attached hydrogens (tertiary/aromatic N) is 3. The minimum Gasteiger partial charge on any atom is -0.444 e. The lowest BCUT2D eigenvalue weighted by molar-refractivity contribution is -0.140. The molecule has 222 valence electrons. The molecule has 0 aliphatic carbocycles. The van der Waals surface area contributed by atoms with Crippen molar-refractivity contribution in [3.8, 4) is 0 Å². The number of anilines is 1. The molecule has 0 radical (unpaired) electrons. The Hall–Kier alpha value is -2.88. The second-order valence-corrected chi connectivity index (χ2v) is 12.9. The van der Waals surface area contributed by atoms with E-state index in [0.717, 1.165) is 51.3 Å². The van der Waals surface area contributed by atoms with Gasteiger partial charge < -0.3 is 25.2 Å². The van der Waals surface area contributed by atoms with Crippen LogP contribution in [0.1, 0.15) is 60.3 Å². The maximum Gasteiger partial charge on any atom is 0.408 e. The number of hydrogen-bond acceptors (Lipinski definition) is 6. The molecule has 0 unspecified atom stereocenters. The molecule has 0 saturated carbocycles. The van der Waals surface area contributed by atoms with Gasteiger partial charge in [0.05, 0.1) is 5.41 Å². The summed E-state index contributed by atoms with van der Waals surface area (Å²) in [5.74, 6) is -0.318. The summed E-state index contributed by atoms with van der Waals surface area (Å²) in [6.45, 7) is 14.8. The van der Waals surface area contributed by atoms with Crippen LogP contribution in [0.15, 0.2) is 24.3 Å². The zero-order valence-corrected chi connectivity index (χ0v) is 24.7. The van der Waals surface area contributed by atoms with Crippen LogP contribution in [0.2, 0.25) is 0 Å². The van der Waals surface area contributed by atoms with Gasteiger partial charge in [-0.05, 0) is 76.6 Å². The first kappa shape index (κ1) is 30.1. The van der Waals surface area contributed by atoms with Crippen LogP contribution in [0, 0.1) is 17.2 Å². The molecule has 3 fully saturated rings. The smallest absolute Gasteiger partial charge is 0.408 e. The predicted octanol–water partition coefficient (Wildman–Crippen LogP) is 3.38. The van der Waals surface area contributed by atoms with E-state index in [0.29, 0.717) is 25.9 Å². The van der Waals surface area contributed by atoms with E-state index in [4.69, 9.17) is 4.74 Å². The number of hydrogen-bond donors (Lipinski definition) is 2. The standard InChI is InChI=1S/C30H46FN5O4/c1-21(2)25(33-28(39)40-29(3,4)5)26(37)36-14-11-30(12-15-36)20-23(32-27(30)38)10-13-34-16-18-35(19-17-34)24-8-6-22(31)7-9-24/h6-9,21,23,25H,10-20H2,1-5H3,(H,32,38)(H,33,39)/t23-,25-/m0/s1. The van der Waals surface area contributed by atoms with Gasteiger partial charge in [0.25, 0.3) is 0 Å². The molecule has 3 amide bonds. The van der Waals surface area contributed by atoms with Crippen molar-refractivity contribution in [3.05, 3.63) is 30.1 Å². The highest BCUT2D eigenvalue weighted by atomic mass is 19.1. The number of rotatable bonds is 7. The van der Waals surface area contributed by atoms with Crippen molar-refractivity contribution in [1.82, 2.24) is 20.4 Å². The number of nitrogens with one attached hydrogen (secondary N) is 2. The highest BCUT2D eigenvalue weighted by Gasteiger charge is 2.49. The summed E-state index contributed by atoms with van der Waals surface area (Å²) < 4.78 is 18.6. The van der Waals surface area contributed by atoms with Crippen molar-refractivity contribution >= 4 is 23.6 Å². The van der Waals surface area contributed by atoms with Crippen LogP contribution in [-0.2, 0) is 14.3 Å². The number of benzene rings is 1. The summed E-state index contributed by atoms with van der Waals surface area (Å²) >= 11 is 0. The zero-order valence-electron chi connectivity index (χ0n) is 24.7. The number of halogens is 1. The zero-order chi connectivity index (χ0) is 29.1. The summed E-state index contributed by atoms with van der Waals surface area (Å²) in [4.78, 5) is 45.3. The summed E-state index contributed by atoms with van der Waals surface area (Å²) in [5, 5.41) is 5.99. The molecular formula is C30H46FN5O4. The number of amides is 3. The fraction of sp³-hybridized carbons (Fsp3) is 0.700. The number of likely N-dealkylation sites (tertiary alicyclic amines) is 1. The van der Waals surface area contributed by atoms with Crippen LogP contribution in [0.25, 0.3) is 0 Å². The van der Waals surface area contributed by atoms with E-state index in [1.165, 1.54) is 12.1 Å². The molecule has 3 heterocycles. The SMILES string of the molecule is CC(C)[C@H](NC(=O)OC(C)(C)C)C(=O)N1CCC2(CC1)C[C@H](CCN1CCN(c3ccc(F)cc3)CC1)NC2=O. The van der Waals surface area contributed by atoms with Crippen LogP contribution in [-0.4, -0.2) is 91.2 Å². The summed E-state index contributed by atoms with van der Waals surface area (Å²) in [6.07, 6.45) is 2.38. The molecule has 1 spiro atoms. The molecule has 9 nitrogen and oxygen atoms in total. The largest absolute Gasteiger partial charge is 0.444 e. The van der Waals surface area contributed by atoms with E-state index < -0.39 is 23.2 Å². The van der Waals surface area contributed by atoms with Gasteiger partial charge in [-0.25, -0.2) is 9.18 Å². The Morgan fingerprint density at radius 1 is 1.07 bits per heavy atom. The first-order valence-electron chi connectivity index (χ1n) is 14.7. The second-order valence-electron chi connectivity index (χ2n) is 12.9. The Balaban J connectivity index is 1.23. The fourth-order valence-electron chi connectivity index (χ4n) is 6.08. The summed E-state index contributed by atoms with van der Waals surface area (Å²) in [6, 6.07) is 6.14. The van der Waals surface area contributed by atoms with Gasteiger partial charge in [0.2, 0.25) is 11.8 Å². The van der Waals surface area contributed by atoms with E-state index in [1.54, 1.807) is 25.7 Å². The summed E-state index contributed by atoms with van der Waals surface area (Å²) in [7, 11) is 0. The molecule has 4 rings (SSSR count). The van der Waals surface area contributed by atoms with Crippen LogP contribution in [0.5, 0.6) is 0 Å². The van der Waals surface area contributed by atoms with E-state index in [9.17, 15) is 18.8 Å². The van der Waals surface area contributed by atoms with Crippen LogP contribution < -0.4 is 15.5 Å². The van der Waals surface area contributed by atoms with E-state index in [-0.39, 0.29) is 29.6 Å². The van der Waals surface area contributed by atoms with Crippen LogP contribution in [0.4, 0.5) is 14.9 Å². The monoisotopic (exact) mass is 559 g/mol. The average Bonchev–Trinajstić information content (AvgIpc) is 3.20. The highest BCUT2D eigenvalue weighted by molar-refractivity contribution is 5.88. The molecule has 10 heteroatoms. The van der Waals surface area contributed by atoms with Gasteiger partial charge in [-0.3, -0.25) is 14.5 Å². The van der Waals surface area contributed by atoms with Crippen LogP contribution in [0.3, 0.4) is 0 Å². The number of piperidine rings is 1. The maximum absolute atomic E-state index is 13.3. The summed E-state index contributed by atoms with van der Waals surface area (Å²) in [5.41, 5.74) is -0.0119. The van der Waals surface area contributed by atoms with Gasteiger partial charge in [0, 0.05) is 57.5 Å². The second kappa shape index (κ2) is 12.3. The topological polar surface area (TPSA) is 94.2 Å². The maximum atomic E-state index is 13.3. The Kier molecular flexibility index (Phi) is 9.27. The van der Waals surface area contributed by atoms with Gasteiger partial charge in [-0.15, -0.1) is 0 Å². The molecule has 0 bridgehead atoms. The number of carbonyl (C=O) groups is 3. The van der Waals surface area contributed by atoms with Crippen molar-refractivity contribution in [3.63, 3.8) is 0 Å². The number of carbonyl (C=O) groups excluding carboxylic acids is 3. The number of alkyl carbamates (subject to hydrolysis) is 1. The van der Waals surface area contributed by atoms with Gasteiger partial charge in [0.15, 0.2) is 0 Å². The van der Waals surface area contributed by atoms with E-state index in [2.05, 4.69) is 20.4 Å². The third kappa shape index (κ3) is 7.44. The number of ether oxygens (including phenoxy) is 1.